The van der Waals surface area contributed by atoms with E-state index >= 15 is 0 Å². The fraction of sp³-hybridized carbons (Fsp3) is 0.200. The van der Waals surface area contributed by atoms with Gasteiger partial charge >= 0.3 is 0 Å². The standard InChI is InChI=1S/C25H24N6S2/c1-17(2)18-9-11-19(12-10-18)23-16-33-25(26-23)31(15-21-7-5-13-32-21)14-20-6-3-4-8-22(20)24-27-29-30-28-24/h3-13,16-17H,14-15H2,1-2H3,(H,27,28,29,30). The van der Waals surface area contributed by atoms with E-state index in [0.717, 1.165) is 34.1 Å². The fourth-order valence-electron chi connectivity index (χ4n) is 3.72. The van der Waals surface area contributed by atoms with E-state index in [4.69, 9.17) is 4.98 Å². The van der Waals surface area contributed by atoms with Crippen molar-refractivity contribution in [2.45, 2.75) is 32.9 Å². The topological polar surface area (TPSA) is 70.6 Å². The van der Waals surface area contributed by atoms with Gasteiger partial charge in [-0.3, -0.25) is 0 Å². The van der Waals surface area contributed by atoms with Crippen molar-refractivity contribution in [1.29, 1.82) is 0 Å². The summed E-state index contributed by atoms with van der Waals surface area (Å²) in [6, 6.07) is 21.2. The molecule has 3 aromatic heterocycles. The zero-order valence-electron chi connectivity index (χ0n) is 18.5. The second-order valence-corrected chi connectivity index (χ2v) is 9.99. The van der Waals surface area contributed by atoms with Gasteiger partial charge in [0.15, 0.2) is 5.13 Å². The van der Waals surface area contributed by atoms with Gasteiger partial charge in [-0.25, -0.2) is 4.98 Å². The molecule has 0 saturated heterocycles. The first-order valence-electron chi connectivity index (χ1n) is 10.8. The van der Waals surface area contributed by atoms with Crippen molar-refractivity contribution in [2.75, 3.05) is 4.90 Å². The molecule has 1 N–H and O–H groups in total. The van der Waals surface area contributed by atoms with E-state index in [1.165, 1.54) is 10.4 Å². The van der Waals surface area contributed by atoms with Gasteiger partial charge in [-0.1, -0.05) is 68.4 Å². The van der Waals surface area contributed by atoms with Crippen LogP contribution in [0.2, 0.25) is 0 Å². The third-order valence-corrected chi connectivity index (χ3v) is 7.29. The predicted molar refractivity (Wildman–Crippen MR) is 135 cm³/mol. The predicted octanol–water partition coefficient (Wildman–Crippen LogP) is 6.38. The molecule has 33 heavy (non-hydrogen) atoms. The first kappa shape index (κ1) is 21.5. The monoisotopic (exact) mass is 472 g/mol. The summed E-state index contributed by atoms with van der Waals surface area (Å²) in [5, 5.41) is 19.9. The lowest BCUT2D eigenvalue weighted by Gasteiger charge is -2.22. The minimum Gasteiger partial charge on any atom is -0.339 e. The summed E-state index contributed by atoms with van der Waals surface area (Å²) < 4.78 is 0. The van der Waals surface area contributed by atoms with Gasteiger partial charge < -0.3 is 4.90 Å². The van der Waals surface area contributed by atoms with Crippen molar-refractivity contribution in [3.05, 3.63) is 87.4 Å². The lowest BCUT2D eigenvalue weighted by molar-refractivity contribution is 0.804. The number of aromatic amines is 1. The molecule has 0 aliphatic carbocycles. The Bertz CT molecular complexity index is 1290. The second-order valence-electron chi connectivity index (χ2n) is 8.12. The lowest BCUT2D eigenvalue weighted by Crippen LogP contribution is -2.22. The summed E-state index contributed by atoms with van der Waals surface area (Å²) >= 11 is 3.44. The Hall–Kier alpha value is -3.36. The van der Waals surface area contributed by atoms with Gasteiger partial charge in [0, 0.05) is 27.9 Å². The van der Waals surface area contributed by atoms with Gasteiger partial charge in [0.05, 0.1) is 12.2 Å². The highest BCUT2D eigenvalue weighted by Crippen LogP contribution is 2.32. The van der Waals surface area contributed by atoms with Crippen LogP contribution in [0.15, 0.2) is 71.4 Å². The normalized spacial score (nSPS) is 11.2. The molecule has 6 nitrogen and oxygen atoms in total. The van der Waals surface area contributed by atoms with Crippen LogP contribution in [-0.2, 0) is 13.1 Å². The minimum atomic E-state index is 0.519. The molecule has 2 aromatic carbocycles. The van der Waals surface area contributed by atoms with Gasteiger partial charge in [-0.05, 0) is 33.7 Å². The van der Waals surface area contributed by atoms with Crippen LogP contribution in [-0.4, -0.2) is 25.6 Å². The third-order valence-electron chi connectivity index (χ3n) is 5.53. The van der Waals surface area contributed by atoms with Gasteiger partial charge in [0.2, 0.25) is 5.82 Å². The summed E-state index contributed by atoms with van der Waals surface area (Å²) in [6.45, 7) is 5.91. The van der Waals surface area contributed by atoms with Crippen molar-refractivity contribution >= 4 is 27.8 Å². The van der Waals surface area contributed by atoms with Crippen LogP contribution < -0.4 is 4.90 Å². The van der Waals surface area contributed by atoms with Crippen molar-refractivity contribution in [3.63, 3.8) is 0 Å². The van der Waals surface area contributed by atoms with Gasteiger partial charge in [-0.15, -0.1) is 32.9 Å². The average molecular weight is 473 g/mol. The van der Waals surface area contributed by atoms with Gasteiger partial charge in [-0.2, -0.15) is 5.21 Å². The van der Waals surface area contributed by atoms with E-state index in [-0.39, 0.29) is 0 Å². The first-order chi connectivity index (χ1) is 16.2. The molecule has 0 radical (unpaired) electrons. The Kier molecular flexibility index (Phi) is 6.28. The van der Waals surface area contributed by atoms with E-state index in [9.17, 15) is 0 Å². The molecule has 0 aliphatic rings. The number of hydrogen-bond donors (Lipinski definition) is 1. The van der Waals surface area contributed by atoms with Crippen LogP contribution in [0.4, 0.5) is 5.13 Å². The van der Waals surface area contributed by atoms with Crippen LogP contribution in [0.1, 0.15) is 35.8 Å². The number of tetrazole rings is 1. The van der Waals surface area contributed by atoms with Crippen LogP contribution in [0.3, 0.4) is 0 Å². The average Bonchev–Trinajstić information content (AvgIpc) is 3.62. The smallest absolute Gasteiger partial charge is 0.205 e. The van der Waals surface area contributed by atoms with Crippen LogP contribution in [0.25, 0.3) is 22.6 Å². The van der Waals surface area contributed by atoms with Gasteiger partial charge in [0.25, 0.3) is 0 Å². The SMILES string of the molecule is CC(C)c1ccc(-c2csc(N(Cc3cccs3)Cc3ccccc3-c3nn[nH]n3)n2)cc1. The Balaban J connectivity index is 1.46. The molecule has 0 saturated carbocycles. The third kappa shape index (κ3) is 4.86. The minimum absolute atomic E-state index is 0.519. The number of aromatic nitrogens is 5. The summed E-state index contributed by atoms with van der Waals surface area (Å²) in [5.74, 6) is 1.12. The van der Waals surface area contributed by atoms with E-state index in [1.54, 1.807) is 22.7 Å². The maximum atomic E-state index is 5.02. The number of benzene rings is 2. The first-order valence-corrected chi connectivity index (χ1v) is 12.6. The fourth-order valence-corrected chi connectivity index (χ4v) is 5.28. The zero-order valence-corrected chi connectivity index (χ0v) is 20.1. The number of rotatable bonds is 8. The van der Waals surface area contributed by atoms with Crippen molar-refractivity contribution in [2.24, 2.45) is 0 Å². The molecular weight excluding hydrogens is 448 g/mol. The molecule has 0 amide bonds. The van der Waals surface area contributed by atoms with Crippen molar-refractivity contribution < 1.29 is 0 Å². The maximum Gasteiger partial charge on any atom is 0.205 e. The molecule has 3 heterocycles. The molecule has 5 rings (SSSR count). The molecule has 0 unspecified atom stereocenters. The molecule has 166 valence electrons. The lowest BCUT2D eigenvalue weighted by atomic mass is 10.0. The summed E-state index contributed by atoms with van der Waals surface area (Å²) in [6.07, 6.45) is 0. The summed E-state index contributed by atoms with van der Waals surface area (Å²) in [4.78, 5) is 8.64. The number of nitrogens with zero attached hydrogens (tertiary/aromatic N) is 5. The highest BCUT2D eigenvalue weighted by Gasteiger charge is 2.17. The number of anilines is 1. The number of thiazole rings is 1. The van der Waals surface area contributed by atoms with E-state index in [0.29, 0.717) is 18.3 Å². The molecule has 0 atom stereocenters. The van der Waals surface area contributed by atoms with Crippen LogP contribution in [0, 0.1) is 0 Å². The van der Waals surface area contributed by atoms with Crippen LogP contribution in [0.5, 0.6) is 0 Å². The summed E-state index contributed by atoms with van der Waals surface area (Å²) in [5.41, 5.74) is 5.60. The van der Waals surface area contributed by atoms with Crippen molar-refractivity contribution in [3.8, 4) is 22.6 Å². The zero-order chi connectivity index (χ0) is 22.6. The maximum absolute atomic E-state index is 5.02. The Morgan fingerprint density at radius 3 is 2.52 bits per heavy atom. The molecule has 0 fully saturated rings. The van der Waals surface area contributed by atoms with E-state index < -0.39 is 0 Å². The molecule has 0 aliphatic heterocycles. The Morgan fingerprint density at radius 2 is 1.79 bits per heavy atom. The molecule has 0 bridgehead atoms. The van der Waals surface area contributed by atoms with Crippen LogP contribution >= 0.6 is 22.7 Å². The highest BCUT2D eigenvalue weighted by atomic mass is 32.1. The van der Waals surface area contributed by atoms with E-state index in [2.05, 4.69) is 92.6 Å². The van der Waals surface area contributed by atoms with Crippen molar-refractivity contribution in [1.82, 2.24) is 25.6 Å². The summed E-state index contributed by atoms with van der Waals surface area (Å²) in [7, 11) is 0. The highest BCUT2D eigenvalue weighted by molar-refractivity contribution is 7.14. The molecule has 5 aromatic rings. The quantitative estimate of drug-likeness (QED) is 0.284. The van der Waals surface area contributed by atoms with E-state index in [1.807, 2.05) is 18.2 Å². The second kappa shape index (κ2) is 9.64. The number of nitrogens with one attached hydrogen (secondary N) is 1. The van der Waals surface area contributed by atoms with Gasteiger partial charge in [0.1, 0.15) is 0 Å². The molecule has 0 spiro atoms. The Labute approximate surface area is 201 Å². The largest absolute Gasteiger partial charge is 0.339 e. The number of hydrogen-bond acceptors (Lipinski definition) is 7. The molecular formula is C25H24N6S2. The Morgan fingerprint density at radius 1 is 0.939 bits per heavy atom. The number of H-pyrrole nitrogens is 1. The molecule has 8 heteroatoms. The number of thiophene rings is 1.